The van der Waals surface area contributed by atoms with Gasteiger partial charge in [0.2, 0.25) is 0 Å². The van der Waals surface area contributed by atoms with Crippen LogP contribution in [-0.4, -0.2) is 23.2 Å². The number of nitrogens with one attached hydrogen (secondary N) is 1. The minimum Gasteiger partial charge on any atom is -0.462 e. The van der Waals surface area contributed by atoms with Gasteiger partial charge in [-0.1, -0.05) is 13.3 Å². The normalized spacial score (nSPS) is 16.3. The molecule has 0 unspecified atom stereocenters. The Bertz CT molecular complexity index is 579. The van der Waals surface area contributed by atoms with Crippen LogP contribution in [0.5, 0.6) is 0 Å². The number of carbonyl (C=O) groups is 1. The van der Waals surface area contributed by atoms with Gasteiger partial charge < -0.3 is 10.1 Å². The van der Waals surface area contributed by atoms with Crippen molar-refractivity contribution in [3.8, 4) is 0 Å². The van der Waals surface area contributed by atoms with E-state index in [-0.39, 0.29) is 11.5 Å². The first-order chi connectivity index (χ1) is 10.4. The molecule has 2 rings (SSSR count). The molecule has 0 bridgehead atoms. The molecule has 0 aliphatic carbocycles. The summed E-state index contributed by atoms with van der Waals surface area (Å²) in [5.74, 6) is -0.281. The Morgan fingerprint density at radius 2 is 2.00 bits per heavy atom. The summed E-state index contributed by atoms with van der Waals surface area (Å²) >= 11 is 5.39. The van der Waals surface area contributed by atoms with Gasteiger partial charge in [-0.3, -0.25) is 4.90 Å². The van der Waals surface area contributed by atoms with E-state index < -0.39 is 0 Å². The van der Waals surface area contributed by atoms with Crippen molar-refractivity contribution in [2.45, 2.75) is 39.2 Å². The first-order valence-corrected chi connectivity index (χ1v) is 7.92. The summed E-state index contributed by atoms with van der Waals surface area (Å²) in [5.41, 5.74) is 1.32. The van der Waals surface area contributed by atoms with Crippen LogP contribution in [0, 0.1) is 0 Å². The second-order valence-electron chi connectivity index (χ2n) is 5.87. The number of esters is 1. The predicted octanol–water partition coefficient (Wildman–Crippen LogP) is 3.63. The number of carbonyl (C=O) groups excluding carboxylic acids is 1. The number of thiocarbonyl (C=S) groups is 1. The van der Waals surface area contributed by atoms with Gasteiger partial charge in [0.25, 0.3) is 0 Å². The van der Waals surface area contributed by atoms with Crippen LogP contribution in [0.3, 0.4) is 0 Å². The van der Waals surface area contributed by atoms with Gasteiger partial charge in [0, 0.05) is 11.9 Å². The van der Waals surface area contributed by atoms with E-state index >= 15 is 0 Å². The number of nitrogens with zero attached hydrogens (tertiary/aromatic N) is 1. The standard InChI is InChI=1S/C17H22N2O2S/c1-4-5-12-21-15(20)13-6-8-14(9-7-13)19-11-10-17(2,3)18-16(19)22/h6-11H,4-5,12H2,1-3H3,(H,18,22). The number of unbranched alkanes of at least 4 members (excludes halogenated alkanes) is 1. The predicted molar refractivity (Wildman–Crippen MR) is 93.1 cm³/mol. The van der Waals surface area contributed by atoms with Crippen LogP contribution < -0.4 is 10.2 Å². The summed E-state index contributed by atoms with van der Waals surface area (Å²) < 4.78 is 5.20. The molecule has 0 spiro atoms. The maximum Gasteiger partial charge on any atom is 0.338 e. The fourth-order valence-corrected chi connectivity index (χ4v) is 2.49. The van der Waals surface area contributed by atoms with Crippen molar-refractivity contribution in [1.82, 2.24) is 5.32 Å². The van der Waals surface area contributed by atoms with E-state index in [1.165, 1.54) is 0 Å². The van der Waals surface area contributed by atoms with Crippen LogP contribution in [-0.2, 0) is 4.74 Å². The second-order valence-corrected chi connectivity index (χ2v) is 6.26. The van der Waals surface area contributed by atoms with Crippen LogP contribution in [0.2, 0.25) is 0 Å². The minimum atomic E-state index is -0.281. The Morgan fingerprint density at radius 1 is 1.32 bits per heavy atom. The van der Waals surface area contributed by atoms with Gasteiger partial charge in [-0.05, 0) is 62.8 Å². The summed E-state index contributed by atoms with van der Waals surface area (Å²) in [6.45, 7) is 6.65. The minimum absolute atomic E-state index is 0.142. The first-order valence-electron chi connectivity index (χ1n) is 7.51. The van der Waals surface area contributed by atoms with Gasteiger partial charge >= 0.3 is 5.97 Å². The van der Waals surface area contributed by atoms with Crippen molar-refractivity contribution < 1.29 is 9.53 Å². The SMILES string of the molecule is CCCCOC(=O)c1ccc(N2C=CC(C)(C)NC2=S)cc1. The molecule has 1 heterocycles. The zero-order chi connectivity index (χ0) is 16.2. The lowest BCUT2D eigenvalue weighted by Gasteiger charge is -2.34. The smallest absolute Gasteiger partial charge is 0.338 e. The largest absolute Gasteiger partial charge is 0.462 e. The molecule has 0 amide bonds. The maximum atomic E-state index is 11.9. The van der Waals surface area contributed by atoms with Crippen molar-refractivity contribution in [2.75, 3.05) is 11.5 Å². The van der Waals surface area contributed by atoms with E-state index in [0.717, 1.165) is 18.5 Å². The lowest BCUT2D eigenvalue weighted by atomic mass is 10.0. The van der Waals surface area contributed by atoms with Crippen molar-refractivity contribution in [3.63, 3.8) is 0 Å². The number of ether oxygens (including phenoxy) is 1. The summed E-state index contributed by atoms with van der Waals surface area (Å²) in [6, 6.07) is 7.26. The average Bonchev–Trinajstić information content (AvgIpc) is 2.47. The van der Waals surface area contributed by atoms with Gasteiger partial charge in [-0.2, -0.15) is 0 Å². The van der Waals surface area contributed by atoms with E-state index in [1.807, 2.05) is 23.2 Å². The molecule has 0 fully saturated rings. The van der Waals surface area contributed by atoms with Crippen molar-refractivity contribution in [2.24, 2.45) is 0 Å². The van der Waals surface area contributed by atoms with Crippen LogP contribution in [0.15, 0.2) is 36.5 Å². The molecular formula is C17H22N2O2S. The second kappa shape index (κ2) is 6.92. The first kappa shape index (κ1) is 16.5. The Balaban J connectivity index is 2.06. The molecule has 1 aliphatic heterocycles. The Morgan fingerprint density at radius 3 is 2.59 bits per heavy atom. The van der Waals surface area contributed by atoms with Crippen LogP contribution in [0.1, 0.15) is 44.0 Å². The van der Waals surface area contributed by atoms with Crippen molar-refractivity contribution in [1.29, 1.82) is 0 Å². The highest BCUT2D eigenvalue weighted by molar-refractivity contribution is 7.80. The zero-order valence-corrected chi connectivity index (χ0v) is 14.1. The lowest BCUT2D eigenvalue weighted by molar-refractivity contribution is 0.0500. The highest BCUT2D eigenvalue weighted by Gasteiger charge is 2.23. The number of anilines is 1. The van der Waals surface area contributed by atoms with Crippen LogP contribution in [0.4, 0.5) is 5.69 Å². The highest BCUT2D eigenvalue weighted by Crippen LogP contribution is 2.21. The molecule has 0 saturated heterocycles. The van der Waals surface area contributed by atoms with Crippen LogP contribution >= 0.6 is 12.2 Å². The lowest BCUT2D eigenvalue weighted by Crippen LogP contribution is -2.51. The molecule has 1 N–H and O–H groups in total. The molecular weight excluding hydrogens is 296 g/mol. The Kier molecular flexibility index (Phi) is 5.19. The summed E-state index contributed by atoms with van der Waals surface area (Å²) in [7, 11) is 0. The highest BCUT2D eigenvalue weighted by atomic mass is 32.1. The molecule has 0 atom stereocenters. The third-order valence-corrected chi connectivity index (χ3v) is 3.70. The third kappa shape index (κ3) is 4.07. The molecule has 0 aromatic heterocycles. The molecule has 1 aromatic rings. The van der Waals surface area contributed by atoms with Gasteiger partial charge in [0.05, 0.1) is 17.7 Å². The maximum absolute atomic E-state index is 11.9. The summed E-state index contributed by atoms with van der Waals surface area (Å²) in [5, 5.41) is 3.90. The molecule has 5 heteroatoms. The monoisotopic (exact) mass is 318 g/mol. The van der Waals surface area contributed by atoms with E-state index in [4.69, 9.17) is 17.0 Å². The van der Waals surface area contributed by atoms with Gasteiger partial charge in [0.15, 0.2) is 5.11 Å². The molecule has 22 heavy (non-hydrogen) atoms. The van der Waals surface area contributed by atoms with E-state index in [0.29, 0.717) is 17.3 Å². The summed E-state index contributed by atoms with van der Waals surface area (Å²) in [6.07, 6.45) is 5.90. The molecule has 1 aromatic carbocycles. The number of rotatable bonds is 5. The topological polar surface area (TPSA) is 41.6 Å². The molecule has 4 nitrogen and oxygen atoms in total. The Labute approximate surface area is 137 Å². The average molecular weight is 318 g/mol. The molecule has 118 valence electrons. The number of benzene rings is 1. The van der Waals surface area contributed by atoms with E-state index in [1.54, 1.807) is 12.1 Å². The Hall–Kier alpha value is -1.88. The molecule has 1 aliphatic rings. The number of hydrogen-bond donors (Lipinski definition) is 1. The molecule has 0 saturated carbocycles. The van der Waals surface area contributed by atoms with Crippen LogP contribution in [0.25, 0.3) is 0 Å². The van der Waals surface area contributed by atoms with E-state index in [9.17, 15) is 4.79 Å². The van der Waals surface area contributed by atoms with Gasteiger partial charge in [-0.25, -0.2) is 4.79 Å². The van der Waals surface area contributed by atoms with Gasteiger partial charge in [0.1, 0.15) is 0 Å². The summed E-state index contributed by atoms with van der Waals surface area (Å²) in [4.78, 5) is 13.8. The van der Waals surface area contributed by atoms with Crippen molar-refractivity contribution in [3.05, 3.63) is 42.1 Å². The third-order valence-electron chi connectivity index (χ3n) is 3.40. The fourth-order valence-electron chi connectivity index (χ4n) is 2.06. The van der Waals surface area contributed by atoms with E-state index in [2.05, 4.69) is 32.2 Å². The number of hydrogen-bond acceptors (Lipinski definition) is 3. The molecule has 0 radical (unpaired) electrons. The van der Waals surface area contributed by atoms with Crippen molar-refractivity contribution >= 4 is 29.0 Å². The fraction of sp³-hybridized carbons (Fsp3) is 0.412. The van der Waals surface area contributed by atoms with Gasteiger partial charge in [-0.15, -0.1) is 0 Å². The zero-order valence-electron chi connectivity index (χ0n) is 13.3. The quantitative estimate of drug-likeness (QED) is 0.510.